The highest BCUT2D eigenvalue weighted by Gasteiger charge is 1.94. The third kappa shape index (κ3) is 1.80. The van der Waals surface area contributed by atoms with Crippen molar-refractivity contribution in [1.29, 1.82) is 0 Å². The molecule has 1 rings (SSSR count). The summed E-state index contributed by atoms with van der Waals surface area (Å²) in [6.07, 6.45) is 1.71. The summed E-state index contributed by atoms with van der Waals surface area (Å²) < 4.78 is 6.20. The highest BCUT2D eigenvalue weighted by atomic mass is 79.9. The van der Waals surface area contributed by atoms with Crippen LogP contribution in [0.3, 0.4) is 0 Å². The van der Waals surface area contributed by atoms with E-state index in [1.54, 1.807) is 6.26 Å². The Morgan fingerprint density at radius 1 is 1.75 bits per heavy atom. The maximum atomic E-state index is 5.08. The van der Waals surface area contributed by atoms with Gasteiger partial charge >= 0.3 is 18.2 Å². The molecule has 0 aliphatic rings. The van der Waals surface area contributed by atoms with E-state index in [1.165, 1.54) is 0 Å². The molecule has 0 aromatic carbocycles. The molecule has 0 bridgehead atoms. The van der Waals surface area contributed by atoms with Gasteiger partial charge < -0.3 is 17.3 Å². The SMILES string of the molecule is [Br][Mg][CH2]c1ccco1. The number of halogens is 1. The molecule has 0 saturated heterocycles. The van der Waals surface area contributed by atoms with Crippen molar-refractivity contribution in [3.63, 3.8) is 0 Å². The first kappa shape index (κ1) is 6.64. The fourth-order valence-corrected chi connectivity index (χ4v) is 2.19. The van der Waals surface area contributed by atoms with Crippen LogP contribution in [0.15, 0.2) is 22.8 Å². The van der Waals surface area contributed by atoms with Crippen LogP contribution in [0.25, 0.3) is 0 Å². The lowest BCUT2D eigenvalue weighted by Gasteiger charge is -1.83. The van der Waals surface area contributed by atoms with Crippen LogP contribution in [-0.4, -0.2) is 18.2 Å². The minimum absolute atomic E-state index is 0.0362. The summed E-state index contributed by atoms with van der Waals surface area (Å²) in [5.41, 5.74) is 0. The monoisotopic (exact) mass is 184 g/mol. The van der Waals surface area contributed by atoms with E-state index in [0.717, 1.165) is 10.3 Å². The molecule has 8 heavy (non-hydrogen) atoms. The van der Waals surface area contributed by atoms with Crippen molar-refractivity contribution in [2.75, 3.05) is 0 Å². The molecule has 0 saturated carbocycles. The Bertz CT molecular complexity index is 138. The van der Waals surface area contributed by atoms with Gasteiger partial charge in [-0.2, -0.15) is 0 Å². The molecule has 0 fully saturated rings. The molecule has 1 nitrogen and oxygen atoms in total. The summed E-state index contributed by atoms with van der Waals surface area (Å²) in [5.74, 6) is 1.11. The van der Waals surface area contributed by atoms with E-state index in [2.05, 4.69) is 12.9 Å². The van der Waals surface area contributed by atoms with Gasteiger partial charge in [-0.1, -0.05) is 4.55 Å². The van der Waals surface area contributed by atoms with Crippen molar-refractivity contribution in [3.8, 4) is 0 Å². The first-order valence-corrected chi connectivity index (χ1v) is 7.41. The number of hydrogen-bond donors (Lipinski definition) is 0. The van der Waals surface area contributed by atoms with Gasteiger partial charge in [0.1, 0.15) is 0 Å². The van der Waals surface area contributed by atoms with E-state index in [-0.39, 0.29) is 18.2 Å². The quantitative estimate of drug-likeness (QED) is 0.640. The molecule has 0 radical (unpaired) electrons. The van der Waals surface area contributed by atoms with E-state index >= 15 is 0 Å². The van der Waals surface area contributed by atoms with Crippen LogP contribution in [0.2, 0.25) is 0 Å². The topological polar surface area (TPSA) is 13.1 Å². The molecule has 0 aliphatic heterocycles. The number of hydrogen-bond acceptors (Lipinski definition) is 1. The average Bonchev–Trinajstić information content (AvgIpc) is 2.19. The van der Waals surface area contributed by atoms with E-state index in [9.17, 15) is 0 Å². The minimum atomic E-state index is -0.0362. The van der Waals surface area contributed by atoms with Crippen LogP contribution >= 0.6 is 12.9 Å². The first-order valence-electron chi connectivity index (χ1n) is 2.52. The molecule has 1 heterocycles. The Kier molecular flexibility index (Phi) is 2.93. The second-order valence-corrected chi connectivity index (χ2v) is 4.78. The average molecular weight is 185 g/mol. The zero-order valence-electron chi connectivity index (χ0n) is 4.43. The Hall–Kier alpha value is 0.526. The molecule has 1 aromatic rings. The second kappa shape index (κ2) is 3.53. The van der Waals surface area contributed by atoms with Crippen LogP contribution in [0.1, 0.15) is 5.76 Å². The summed E-state index contributed by atoms with van der Waals surface area (Å²) in [4.78, 5) is 0. The minimum Gasteiger partial charge on any atom is -0.472 e. The van der Waals surface area contributed by atoms with Crippen LogP contribution < -0.4 is 0 Å². The van der Waals surface area contributed by atoms with Gasteiger partial charge in [-0.3, -0.25) is 0 Å². The molecular weight excluding hydrogens is 180 g/mol. The van der Waals surface area contributed by atoms with Crippen LogP contribution in [0.4, 0.5) is 0 Å². The van der Waals surface area contributed by atoms with Crippen LogP contribution in [-0.2, 0) is 4.55 Å². The largest absolute Gasteiger partial charge is 0.477 e. The molecule has 1 aromatic heterocycles. The molecule has 40 valence electrons. The lowest BCUT2D eigenvalue weighted by atomic mass is 10.5. The van der Waals surface area contributed by atoms with Crippen molar-refractivity contribution in [2.45, 2.75) is 4.55 Å². The summed E-state index contributed by atoms with van der Waals surface area (Å²) >= 11 is 3.41. The zero-order valence-corrected chi connectivity index (χ0v) is 7.43. The molecule has 0 unspecified atom stereocenters. The fourth-order valence-electron chi connectivity index (χ4n) is 0.548. The van der Waals surface area contributed by atoms with Crippen molar-refractivity contribution in [3.05, 3.63) is 24.2 Å². The Morgan fingerprint density at radius 3 is 3.12 bits per heavy atom. The van der Waals surface area contributed by atoms with Crippen molar-refractivity contribution >= 4 is 31.1 Å². The van der Waals surface area contributed by atoms with E-state index < -0.39 is 0 Å². The molecule has 0 N–H and O–H groups in total. The van der Waals surface area contributed by atoms with Crippen molar-refractivity contribution in [2.24, 2.45) is 0 Å². The lowest BCUT2D eigenvalue weighted by molar-refractivity contribution is 0.529. The lowest BCUT2D eigenvalue weighted by Crippen LogP contribution is -1.82. The highest BCUT2D eigenvalue weighted by Crippen LogP contribution is 2.00. The Morgan fingerprint density at radius 2 is 2.62 bits per heavy atom. The molecule has 0 spiro atoms. The van der Waals surface area contributed by atoms with Gasteiger partial charge in [0.2, 0.25) is 0 Å². The maximum Gasteiger partial charge on any atom is 0.477 e. The van der Waals surface area contributed by atoms with Gasteiger partial charge in [0.25, 0.3) is 0 Å². The fraction of sp³-hybridized carbons (Fsp3) is 0.200. The summed E-state index contributed by atoms with van der Waals surface area (Å²) in [7, 11) is 0. The summed E-state index contributed by atoms with van der Waals surface area (Å²) in [6.45, 7) is 0. The van der Waals surface area contributed by atoms with Gasteiger partial charge in [-0.25, -0.2) is 0 Å². The van der Waals surface area contributed by atoms with E-state index in [1.807, 2.05) is 12.1 Å². The van der Waals surface area contributed by atoms with Crippen LogP contribution in [0, 0.1) is 0 Å². The number of rotatable bonds is 2. The van der Waals surface area contributed by atoms with E-state index in [0.29, 0.717) is 0 Å². The van der Waals surface area contributed by atoms with Crippen molar-refractivity contribution in [1.82, 2.24) is 0 Å². The summed E-state index contributed by atoms with van der Waals surface area (Å²) in [5, 5.41) is 0. The Balaban J connectivity index is 2.50. The summed E-state index contributed by atoms with van der Waals surface area (Å²) in [6, 6.07) is 3.93. The maximum absolute atomic E-state index is 5.08. The van der Waals surface area contributed by atoms with Gasteiger partial charge in [0, 0.05) is 0 Å². The molecule has 0 atom stereocenters. The second-order valence-electron chi connectivity index (χ2n) is 1.52. The first-order chi connectivity index (χ1) is 3.93. The molecule has 0 aliphatic carbocycles. The van der Waals surface area contributed by atoms with Crippen LogP contribution in [0.5, 0.6) is 0 Å². The number of furan rings is 1. The Labute approximate surface area is 64.0 Å². The van der Waals surface area contributed by atoms with Gasteiger partial charge in [0.15, 0.2) is 0 Å². The van der Waals surface area contributed by atoms with Crippen molar-refractivity contribution < 1.29 is 4.42 Å². The van der Waals surface area contributed by atoms with Gasteiger partial charge in [0.05, 0.1) is 12.0 Å². The predicted octanol–water partition coefficient (Wildman–Crippen LogP) is 1.79. The molecular formula is C5H5BrMgO. The molecule has 0 amide bonds. The molecule has 3 heteroatoms. The smallest absolute Gasteiger partial charge is 0.472 e. The van der Waals surface area contributed by atoms with Gasteiger partial charge in [-0.15, -0.1) is 0 Å². The predicted molar refractivity (Wildman–Crippen MR) is 37.1 cm³/mol. The van der Waals surface area contributed by atoms with E-state index in [4.69, 9.17) is 4.42 Å². The standard InChI is InChI=1S/C5H5O.BrH.Mg/c1-5-3-2-4-6-5;;/h2-4H,1H2;1H;/q;;+1/p-1. The normalized spacial score (nSPS) is 8.62. The third-order valence-electron chi connectivity index (χ3n) is 0.921. The zero-order chi connectivity index (χ0) is 5.82. The highest BCUT2D eigenvalue weighted by molar-refractivity contribution is 9.23. The third-order valence-corrected chi connectivity index (χ3v) is 2.79. The van der Waals surface area contributed by atoms with Gasteiger partial charge in [-0.05, 0) is 12.1 Å².